The standard InChI is InChI=1S/C9H16O2/c1-8(2)6-9(10)4-3-5-11-7-9/h6,10H,3-5,7H2,1-2H3. The van der Waals surface area contributed by atoms with E-state index in [2.05, 4.69) is 0 Å². The van der Waals surface area contributed by atoms with Gasteiger partial charge in [-0.15, -0.1) is 0 Å². The molecule has 0 spiro atoms. The summed E-state index contributed by atoms with van der Waals surface area (Å²) in [5.74, 6) is 0. The second-order valence-electron chi connectivity index (χ2n) is 3.48. The van der Waals surface area contributed by atoms with Crippen molar-refractivity contribution in [2.45, 2.75) is 32.3 Å². The molecule has 1 atom stereocenters. The van der Waals surface area contributed by atoms with E-state index in [0.29, 0.717) is 6.61 Å². The molecule has 11 heavy (non-hydrogen) atoms. The van der Waals surface area contributed by atoms with Gasteiger partial charge in [-0.05, 0) is 26.7 Å². The fourth-order valence-electron chi connectivity index (χ4n) is 1.45. The topological polar surface area (TPSA) is 29.5 Å². The maximum atomic E-state index is 9.84. The molecule has 0 aromatic carbocycles. The van der Waals surface area contributed by atoms with Crippen LogP contribution >= 0.6 is 0 Å². The Morgan fingerprint density at radius 2 is 2.27 bits per heavy atom. The number of rotatable bonds is 1. The molecule has 1 aliphatic rings. The minimum Gasteiger partial charge on any atom is -0.383 e. The van der Waals surface area contributed by atoms with E-state index in [1.165, 1.54) is 0 Å². The van der Waals surface area contributed by atoms with Gasteiger partial charge in [-0.1, -0.05) is 11.6 Å². The van der Waals surface area contributed by atoms with Crippen LogP contribution in [0.5, 0.6) is 0 Å². The number of allylic oxidation sites excluding steroid dienone is 1. The maximum absolute atomic E-state index is 9.84. The fourth-order valence-corrected chi connectivity index (χ4v) is 1.45. The maximum Gasteiger partial charge on any atom is 0.106 e. The second kappa shape index (κ2) is 3.37. The molecule has 0 aliphatic carbocycles. The van der Waals surface area contributed by atoms with Crippen molar-refractivity contribution in [2.75, 3.05) is 13.2 Å². The van der Waals surface area contributed by atoms with Crippen LogP contribution < -0.4 is 0 Å². The molecule has 0 amide bonds. The Hall–Kier alpha value is -0.340. The van der Waals surface area contributed by atoms with Gasteiger partial charge in [0.1, 0.15) is 5.60 Å². The molecule has 2 nitrogen and oxygen atoms in total. The van der Waals surface area contributed by atoms with Crippen LogP contribution in [0.2, 0.25) is 0 Å². The summed E-state index contributed by atoms with van der Waals surface area (Å²) in [6, 6.07) is 0. The zero-order chi connectivity index (χ0) is 8.32. The van der Waals surface area contributed by atoms with Gasteiger partial charge in [-0.25, -0.2) is 0 Å². The van der Waals surface area contributed by atoms with Crippen molar-refractivity contribution in [2.24, 2.45) is 0 Å². The van der Waals surface area contributed by atoms with E-state index in [1.807, 2.05) is 19.9 Å². The van der Waals surface area contributed by atoms with Gasteiger partial charge in [0.25, 0.3) is 0 Å². The van der Waals surface area contributed by atoms with Gasteiger partial charge in [0.05, 0.1) is 6.61 Å². The number of ether oxygens (including phenoxy) is 1. The van der Waals surface area contributed by atoms with Gasteiger partial charge >= 0.3 is 0 Å². The predicted octanol–water partition coefficient (Wildman–Crippen LogP) is 1.49. The molecule has 0 bridgehead atoms. The average Bonchev–Trinajstić information content (AvgIpc) is 1.85. The molecule has 1 heterocycles. The van der Waals surface area contributed by atoms with E-state index in [-0.39, 0.29) is 0 Å². The number of hydrogen-bond acceptors (Lipinski definition) is 2. The molecular weight excluding hydrogens is 140 g/mol. The highest BCUT2D eigenvalue weighted by molar-refractivity contribution is 5.07. The Kier molecular flexibility index (Phi) is 2.68. The zero-order valence-corrected chi connectivity index (χ0v) is 7.26. The number of hydrogen-bond donors (Lipinski definition) is 1. The van der Waals surface area contributed by atoms with Crippen LogP contribution in [0.25, 0.3) is 0 Å². The summed E-state index contributed by atoms with van der Waals surface area (Å²) in [6.07, 6.45) is 3.69. The monoisotopic (exact) mass is 156 g/mol. The summed E-state index contributed by atoms with van der Waals surface area (Å²) in [6.45, 7) is 5.23. The summed E-state index contributed by atoms with van der Waals surface area (Å²) in [4.78, 5) is 0. The second-order valence-corrected chi connectivity index (χ2v) is 3.48. The first-order valence-corrected chi connectivity index (χ1v) is 4.09. The highest BCUT2D eigenvalue weighted by atomic mass is 16.5. The lowest BCUT2D eigenvalue weighted by Crippen LogP contribution is -2.36. The molecule has 0 aromatic rings. The molecular formula is C9H16O2. The molecule has 1 aliphatic heterocycles. The first kappa shape index (κ1) is 8.75. The third-order valence-electron chi connectivity index (χ3n) is 1.81. The lowest BCUT2D eigenvalue weighted by Gasteiger charge is -2.29. The molecule has 1 unspecified atom stereocenters. The van der Waals surface area contributed by atoms with Crippen LogP contribution in [0, 0.1) is 0 Å². The Morgan fingerprint density at radius 3 is 2.73 bits per heavy atom. The fraction of sp³-hybridized carbons (Fsp3) is 0.778. The van der Waals surface area contributed by atoms with Crippen LogP contribution in [-0.2, 0) is 4.74 Å². The first-order valence-electron chi connectivity index (χ1n) is 4.09. The van der Waals surface area contributed by atoms with Crippen molar-refractivity contribution in [3.63, 3.8) is 0 Å². The third kappa shape index (κ3) is 2.64. The predicted molar refractivity (Wildman–Crippen MR) is 44.4 cm³/mol. The van der Waals surface area contributed by atoms with Crippen LogP contribution in [0.3, 0.4) is 0 Å². The lowest BCUT2D eigenvalue weighted by atomic mass is 9.95. The molecule has 0 saturated carbocycles. The van der Waals surface area contributed by atoms with Gasteiger partial charge in [0, 0.05) is 6.61 Å². The first-order chi connectivity index (χ1) is 5.12. The van der Waals surface area contributed by atoms with Crippen LogP contribution in [0.15, 0.2) is 11.6 Å². The van der Waals surface area contributed by atoms with Crippen molar-refractivity contribution in [3.8, 4) is 0 Å². The molecule has 64 valence electrons. The Labute approximate surface area is 67.9 Å². The minimum atomic E-state index is -0.683. The summed E-state index contributed by atoms with van der Waals surface area (Å²) in [7, 11) is 0. The van der Waals surface area contributed by atoms with Crippen molar-refractivity contribution in [1.82, 2.24) is 0 Å². The molecule has 0 aromatic heterocycles. The van der Waals surface area contributed by atoms with E-state index < -0.39 is 5.60 Å². The summed E-state index contributed by atoms with van der Waals surface area (Å²) in [5, 5.41) is 9.84. The SMILES string of the molecule is CC(C)=CC1(O)CCCOC1. The van der Waals surface area contributed by atoms with Gasteiger partial charge < -0.3 is 9.84 Å². The van der Waals surface area contributed by atoms with E-state index in [1.54, 1.807) is 0 Å². The lowest BCUT2D eigenvalue weighted by molar-refractivity contribution is -0.0545. The molecule has 1 saturated heterocycles. The molecule has 1 fully saturated rings. The van der Waals surface area contributed by atoms with Crippen LogP contribution in [0.4, 0.5) is 0 Å². The Balaban J connectivity index is 2.57. The van der Waals surface area contributed by atoms with Gasteiger partial charge in [0.15, 0.2) is 0 Å². The van der Waals surface area contributed by atoms with Crippen molar-refractivity contribution in [3.05, 3.63) is 11.6 Å². The zero-order valence-electron chi connectivity index (χ0n) is 7.26. The summed E-state index contributed by atoms with van der Waals surface area (Å²) >= 11 is 0. The van der Waals surface area contributed by atoms with E-state index in [9.17, 15) is 5.11 Å². The average molecular weight is 156 g/mol. The van der Waals surface area contributed by atoms with Crippen molar-refractivity contribution >= 4 is 0 Å². The van der Waals surface area contributed by atoms with Crippen molar-refractivity contribution < 1.29 is 9.84 Å². The highest BCUT2D eigenvalue weighted by Gasteiger charge is 2.26. The van der Waals surface area contributed by atoms with Gasteiger partial charge in [0.2, 0.25) is 0 Å². The molecule has 0 radical (unpaired) electrons. The minimum absolute atomic E-state index is 0.457. The van der Waals surface area contributed by atoms with E-state index in [0.717, 1.165) is 25.0 Å². The van der Waals surface area contributed by atoms with Gasteiger partial charge in [-0.2, -0.15) is 0 Å². The molecule has 2 heteroatoms. The summed E-state index contributed by atoms with van der Waals surface area (Å²) in [5.41, 5.74) is 0.467. The Bertz CT molecular complexity index is 151. The quantitative estimate of drug-likeness (QED) is 0.583. The van der Waals surface area contributed by atoms with E-state index in [4.69, 9.17) is 4.74 Å². The van der Waals surface area contributed by atoms with Crippen LogP contribution in [-0.4, -0.2) is 23.9 Å². The number of aliphatic hydroxyl groups is 1. The third-order valence-corrected chi connectivity index (χ3v) is 1.81. The summed E-state index contributed by atoms with van der Waals surface area (Å²) < 4.78 is 5.19. The van der Waals surface area contributed by atoms with E-state index >= 15 is 0 Å². The van der Waals surface area contributed by atoms with Crippen LogP contribution in [0.1, 0.15) is 26.7 Å². The van der Waals surface area contributed by atoms with Crippen molar-refractivity contribution in [1.29, 1.82) is 0 Å². The highest BCUT2D eigenvalue weighted by Crippen LogP contribution is 2.21. The normalized spacial score (nSPS) is 31.5. The molecule has 1 N–H and O–H groups in total. The largest absolute Gasteiger partial charge is 0.383 e. The smallest absolute Gasteiger partial charge is 0.106 e. The Morgan fingerprint density at radius 1 is 1.55 bits per heavy atom. The van der Waals surface area contributed by atoms with Gasteiger partial charge in [-0.3, -0.25) is 0 Å². The molecule has 1 rings (SSSR count).